The standard InChI is InChI=1S/C27H28ClFN6O2/c28-21-13-30-27(31-14-21)34-6-3-17(4-7-34)23-9-18(23)5-8-37-22-2-1-19(24(29)11-22)10-26(36)35-15-20-12-32-33-25(20)16-35/h1-3,11-14,18,23H,4-10,15-16H2,(H,32,33)/t18-,23-/m1/s1. The summed E-state index contributed by atoms with van der Waals surface area (Å²) in [6, 6.07) is 4.80. The second kappa shape index (κ2) is 10.1. The summed E-state index contributed by atoms with van der Waals surface area (Å²) in [7, 11) is 0. The van der Waals surface area contributed by atoms with E-state index >= 15 is 0 Å². The zero-order valence-corrected chi connectivity index (χ0v) is 21.1. The average molecular weight is 523 g/mol. The molecule has 1 amide bonds. The lowest BCUT2D eigenvalue weighted by atomic mass is 10.0. The van der Waals surface area contributed by atoms with Gasteiger partial charge in [0.25, 0.3) is 0 Å². The summed E-state index contributed by atoms with van der Waals surface area (Å²) in [6.45, 7) is 3.28. The summed E-state index contributed by atoms with van der Waals surface area (Å²) >= 11 is 5.88. The third-order valence-corrected chi connectivity index (χ3v) is 7.72. The van der Waals surface area contributed by atoms with Gasteiger partial charge in [0.15, 0.2) is 0 Å². The molecule has 1 N–H and O–H groups in total. The normalized spacial score (nSPS) is 20.5. The van der Waals surface area contributed by atoms with E-state index in [2.05, 4.69) is 31.1 Å². The molecule has 37 heavy (non-hydrogen) atoms. The third kappa shape index (κ3) is 5.32. The van der Waals surface area contributed by atoms with Crippen molar-refractivity contribution in [1.29, 1.82) is 0 Å². The molecule has 3 aliphatic rings. The molecule has 2 atom stereocenters. The van der Waals surface area contributed by atoms with Crippen molar-refractivity contribution in [2.75, 3.05) is 24.6 Å². The molecule has 0 spiro atoms. The molecular formula is C27H28ClFN6O2. The highest BCUT2D eigenvalue weighted by atomic mass is 35.5. The van der Waals surface area contributed by atoms with Crippen molar-refractivity contribution in [3.05, 3.63) is 76.1 Å². The van der Waals surface area contributed by atoms with Crippen LogP contribution in [-0.4, -0.2) is 50.7 Å². The molecule has 192 valence electrons. The van der Waals surface area contributed by atoms with Gasteiger partial charge in [0.2, 0.25) is 11.9 Å². The maximum Gasteiger partial charge on any atom is 0.227 e. The number of carbonyl (C=O) groups excluding carboxylic acids is 1. The predicted molar refractivity (Wildman–Crippen MR) is 137 cm³/mol. The van der Waals surface area contributed by atoms with Gasteiger partial charge in [-0.3, -0.25) is 9.89 Å². The smallest absolute Gasteiger partial charge is 0.227 e. The molecule has 0 bridgehead atoms. The highest BCUT2D eigenvalue weighted by Crippen LogP contribution is 2.48. The van der Waals surface area contributed by atoms with Crippen LogP contribution >= 0.6 is 11.6 Å². The van der Waals surface area contributed by atoms with Crippen molar-refractivity contribution in [2.45, 2.75) is 38.8 Å². The van der Waals surface area contributed by atoms with Gasteiger partial charge in [0, 0.05) is 31.3 Å². The fraction of sp³-hybridized carbons (Fsp3) is 0.407. The molecule has 6 rings (SSSR count). The van der Waals surface area contributed by atoms with E-state index in [1.165, 1.54) is 18.1 Å². The van der Waals surface area contributed by atoms with Crippen LogP contribution in [0.4, 0.5) is 10.3 Å². The van der Waals surface area contributed by atoms with E-state index in [1.807, 2.05) is 0 Å². The fourth-order valence-corrected chi connectivity index (χ4v) is 5.39. The van der Waals surface area contributed by atoms with Crippen molar-refractivity contribution in [3.63, 3.8) is 0 Å². The lowest BCUT2D eigenvalue weighted by Crippen LogP contribution is -2.30. The highest BCUT2D eigenvalue weighted by molar-refractivity contribution is 6.30. The van der Waals surface area contributed by atoms with E-state index in [9.17, 15) is 9.18 Å². The first-order chi connectivity index (χ1) is 18.0. The van der Waals surface area contributed by atoms with Gasteiger partial charge in [-0.15, -0.1) is 0 Å². The van der Waals surface area contributed by atoms with Crippen molar-refractivity contribution < 1.29 is 13.9 Å². The molecular weight excluding hydrogens is 495 g/mol. The van der Waals surface area contributed by atoms with Crippen molar-refractivity contribution in [1.82, 2.24) is 25.1 Å². The average Bonchev–Trinajstić information content (AvgIpc) is 3.33. The number of aromatic amines is 1. The van der Waals surface area contributed by atoms with Crippen LogP contribution in [0.15, 0.2) is 48.4 Å². The van der Waals surface area contributed by atoms with Gasteiger partial charge in [0.1, 0.15) is 11.6 Å². The van der Waals surface area contributed by atoms with Crippen molar-refractivity contribution in [3.8, 4) is 5.75 Å². The first-order valence-electron chi connectivity index (χ1n) is 12.6. The molecule has 2 aromatic heterocycles. The summed E-state index contributed by atoms with van der Waals surface area (Å²) in [4.78, 5) is 25.1. The molecule has 0 saturated heterocycles. The monoisotopic (exact) mass is 522 g/mol. The topological polar surface area (TPSA) is 87.2 Å². The quantitative estimate of drug-likeness (QED) is 0.443. The molecule has 1 aliphatic carbocycles. The Morgan fingerprint density at radius 1 is 1.22 bits per heavy atom. The zero-order chi connectivity index (χ0) is 25.4. The number of nitrogens with one attached hydrogen (secondary N) is 1. The molecule has 1 fully saturated rings. The summed E-state index contributed by atoms with van der Waals surface area (Å²) < 4.78 is 20.5. The van der Waals surface area contributed by atoms with E-state index in [0.29, 0.717) is 53.8 Å². The Morgan fingerprint density at radius 3 is 2.84 bits per heavy atom. The number of benzene rings is 1. The second-order valence-corrected chi connectivity index (χ2v) is 10.4. The number of rotatable bonds is 8. The van der Waals surface area contributed by atoms with Crippen LogP contribution in [-0.2, 0) is 24.3 Å². The van der Waals surface area contributed by atoms with E-state index in [-0.39, 0.29) is 12.3 Å². The number of hydrogen-bond donors (Lipinski definition) is 1. The Hall–Kier alpha value is -3.46. The molecule has 2 aliphatic heterocycles. The molecule has 3 aromatic rings. The third-order valence-electron chi connectivity index (χ3n) is 7.53. The predicted octanol–water partition coefficient (Wildman–Crippen LogP) is 4.32. The summed E-state index contributed by atoms with van der Waals surface area (Å²) in [5, 5.41) is 7.42. The van der Waals surface area contributed by atoms with E-state index in [4.69, 9.17) is 16.3 Å². The number of hydrogen-bond acceptors (Lipinski definition) is 6. The number of amides is 1. The number of nitrogens with zero attached hydrogens (tertiary/aromatic N) is 5. The van der Waals surface area contributed by atoms with Gasteiger partial charge in [-0.1, -0.05) is 29.3 Å². The molecule has 0 radical (unpaired) electrons. The molecule has 8 nitrogen and oxygen atoms in total. The molecule has 0 unspecified atom stereocenters. The Kier molecular flexibility index (Phi) is 6.54. The minimum Gasteiger partial charge on any atom is -0.493 e. The lowest BCUT2D eigenvalue weighted by molar-refractivity contribution is -0.131. The van der Waals surface area contributed by atoms with Gasteiger partial charge in [0.05, 0.1) is 48.9 Å². The second-order valence-electron chi connectivity index (χ2n) is 9.97. The maximum atomic E-state index is 14.7. The molecule has 1 saturated carbocycles. The Morgan fingerprint density at radius 2 is 2.08 bits per heavy atom. The van der Waals surface area contributed by atoms with Gasteiger partial charge >= 0.3 is 0 Å². The molecule has 10 heteroatoms. The Bertz CT molecular complexity index is 1310. The van der Waals surface area contributed by atoms with Crippen LogP contribution in [0.1, 0.15) is 36.1 Å². The van der Waals surface area contributed by atoms with Crippen LogP contribution < -0.4 is 9.64 Å². The SMILES string of the molecule is O=C(Cc1ccc(OCC[C@@H]2C[C@@H]2C2=CCN(c3ncc(Cl)cn3)CC2)cc1F)N1Cc2cn[nH]c2C1. The number of fused-ring (bicyclic) bond motifs is 1. The Balaban J connectivity index is 0.941. The number of ether oxygens (including phenoxy) is 1. The van der Waals surface area contributed by atoms with Crippen LogP contribution in [0.5, 0.6) is 5.75 Å². The van der Waals surface area contributed by atoms with E-state index in [1.54, 1.807) is 35.6 Å². The summed E-state index contributed by atoms with van der Waals surface area (Å²) in [5.41, 5.74) is 3.86. The van der Waals surface area contributed by atoms with Gasteiger partial charge in [-0.05, 0) is 42.7 Å². The van der Waals surface area contributed by atoms with Crippen molar-refractivity contribution in [2.24, 2.45) is 11.8 Å². The lowest BCUT2D eigenvalue weighted by Gasteiger charge is -2.26. The van der Waals surface area contributed by atoms with Gasteiger partial charge in [-0.25, -0.2) is 14.4 Å². The molecule has 1 aromatic carbocycles. The number of aromatic nitrogens is 4. The van der Waals surface area contributed by atoms with Gasteiger partial charge < -0.3 is 14.5 Å². The maximum absolute atomic E-state index is 14.7. The molecule has 4 heterocycles. The van der Waals surface area contributed by atoms with E-state index in [0.717, 1.165) is 37.2 Å². The van der Waals surface area contributed by atoms with Crippen LogP contribution in [0, 0.1) is 17.7 Å². The zero-order valence-electron chi connectivity index (χ0n) is 20.4. The highest BCUT2D eigenvalue weighted by Gasteiger charge is 2.39. The largest absolute Gasteiger partial charge is 0.493 e. The number of H-pyrrole nitrogens is 1. The summed E-state index contributed by atoms with van der Waals surface area (Å²) in [6.07, 6.45) is 10.5. The van der Waals surface area contributed by atoms with E-state index < -0.39 is 5.82 Å². The van der Waals surface area contributed by atoms with Crippen molar-refractivity contribution >= 4 is 23.5 Å². The number of anilines is 1. The van der Waals surface area contributed by atoms with Crippen LogP contribution in [0.25, 0.3) is 0 Å². The Labute approximate surface area is 219 Å². The number of carbonyl (C=O) groups is 1. The van der Waals surface area contributed by atoms with Gasteiger partial charge in [-0.2, -0.15) is 5.10 Å². The minimum absolute atomic E-state index is 0.0320. The first-order valence-corrected chi connectivity index (χ1v) is 13.0. The van der Waals surface area contributed by atoms with Crippen LogP contribution in [0.2, 0.25) is 5.02 Å². The number of halogens is 2. The fourth-order valence-electron chi connectivity index (χ4n) is 5.30. The summed E-state index contributed by atoms with van der Waals surface area (Å²) in [5.74, 6) is 1.94. The van der Waals surface area contributed by atoms with Crippen LogP contribution in [0.3, 0.4) is 0 Å². The first kappa shape index (κ1) is 23.9. The minimum atomic E-state index is -0.406.